The zero-order valence-electron chi connectivity index (χ0n) is 18.0. The van der Waals surface area contributed by atoms with Crippen LogP contribution in [-0.2, 0) is 10.3 Å². The van der Waals surface area contributed by atoms with Crippen molar-refractivity contribution in [3.05, 3.63) is 108 Å². The third-order valence-corrected chi connectivity index (χ3v) is 4.98. The minimum Gasteiger partial charge on any atom is -0.548 e. The first kappa shape index (κ1) is 23.3. The predicted molar refractivity (Wildman–Crippen MR) is 120 cm³/mol. The Bertz CT molecular complexity index is 769. The highest BCUT2D eigenvalue weighted by molar-refractivity contribution is 5.71. The molecule has 0 aliphatic heterocycles. The van der Waals surface area contributed by atoms with E-state index in [2.05, 4.69) is 24.5 Å². The van der Waals surface area contributed by atoms with Gasteiger partial charge >= 0.3 is 0 Å². The molecule has 3 rings (SSSR count). The zero-order chi connectivity index (χ0) is 21.8. The Balaban J connectivity index is 0.000000575. The monoisotopic (exact) mass is 404 g/mol. The van der Waals surface area contributed by atoms with Crippen molar-refractivity contribution in [2.24, 2.45) is 0 Å². The first-order valence-electron chi connectivity index (χ1n) is 10.5. The molecule has 0 aromatic heterocycles. The van der Waals surface area contributed by atoms with E-state index in [1.807, 2.05) is 91.0 Å². The Kier molecular flexibility index (Phi) is 9.26. The van der Waals surface area contributed by atoms with Crippen LogP contribution in [0.3, 0.4) is 0 Å². The summed E-state index contributed by atoms with van der Waals surface area (Å²) in [7, 11) is 0. The summed E-state index contributed by atoms with van der Waals surface area (Å²) in [4.78, 5) is 11.5. The maximum absolute atomic E-state index is 11.5. The lowest BCUT2D eigenvalue weighted by Gasteiger charge is -2.39. The van der Waals surface area contributed by atoms with E-state index in [1.165, 1.54) is 13.1 Å². The molecule has 3 aromatic carbocycles. The number of carboxylic acids is 1. The number of rotatable bonds is 8. The van der Waals surface area contributed by atoms with Crippen LogP contribution in [0.25, 0.3) is 0 Å². The molecule has 0 radical (unpaired) electrons. The first-order valence-corrected chi connectivity index (χ1v) is 10.5. The van der Waals surface area contributed by atoms with Gasteiger partial charge in [0.1, 0.15) is 0 Å². The molecule has 4 nitrogen and oxygen atoms in total. The van der Waals surface area contributed by atoms with Crippen molar-refractivity contribution < 1.29 is 15.2 Å². The van der Waals surface area contributed by atoms with Gasteiger partial charge in [-0.05, 0) is 37.5 Å². The third kappa shape index (κ3) is 5.78. The van der Waals surface area contributed by atoms with Crippen LogP contribution >= 0.6 is 0 Å². The average Bonchev–Trinajstić information content (AvgIpc) is 2.80. The summed E-state index contributed by atoms with van der Waals surface area (Å²) in [6.45, 7) is 8.36. The summed E-state index contributed by atoms with van der Waals surface area (Å²) in [5, 5.41) is 17.1. The Morgan fingerprint density at radius 2 is 1.13 bits per heavy atom. The second-order valence-corrected chi connectivity index (χ2v) is 7.14. The summed E-state index contributed by atoms with van der Waals surface area (Å²) >= 11 is 0. The fourth-order valence-electron chi connectivity index (χ4n) is 3.49. The molecule has 0 aliphatic rings. The van der Waals surface area contributed by atoms with E-state index in [9.17, 15) is 9.90 Å². The minimum atomic E-state index is -1.13. The van der Waals surface area contributed by atoms with Crippen LogP contribution in [0, 0.1) is 0 Å². The van der Waals surface area contributed by atoms with Crippen LogP contribution in [-0.4, -0.2) is 25.1 Å². The summed E-state index contributed by atoms with van der Waals surface area (Å²) in [6.07, 6.45) is 0. The third-order valence-electron chi connectivity index (χ3n) is 4.98. The Hall–Kier alpha value is -2.95. The summed E-state index contributed by atoms with van der Waals surface area (Å²) in [6, 6.07) is 28.8. The topological polar surface area (TPSA) is 68.8 Å². The number of carbonyl (C=O) groups excluding carboxylic acids is 1. The number of carboxylic acid groups (broad SMARTS) is 1. The second kappa shape index (κ2) is 11.9. The van der Waals surface area contributed by atoms with E-state index in [0.29, 0.717) is 0 Å². The molecular weight excluding hydrogens is 372 g/mol. The largest absolute Gasteiger partial charge is 0.548 e. The van der Waals surface area contributed by atoms with E-state index in [-0.39, 0.29) is 0 Å². The molecule has 3 N–H and O–H groups in total. The highest BCUT2D eigenvalue weighted by Crippen LogP contribution is 2.37. The van der Waals surface area contributed by atoms with Crippen LogP contribution in [0.2, 0.25) is 0 Å². The maximum Gasteiger partial charge on any atom is 0.0953 e. The summed E-state index contributed by atoms with van der Waals surface area (Å²) in [5.74, 6) is -1.13. The molecule has 0 saturated carbocycles. The summed E-state index contributed by atoms with van der Waals surface area (Å²) < 4.78 is 0. The van der Waals surface area contributed by atoms with Gasteiger partial charge in [0.2, 0.25) is 0 Å². The lowest BCUT2D eigenvalue weighted by Crippen LogP contribution is -2.82. The number of quaternary nitrogens is 1. The number of nitrogens with two attached hydrogens (primary N) is 1. The molecule has 1 atom stereocenters. The van der Waals surface area contributed by atoms with Gasteiger partial charge in [-0.3, -0.25) is 5.32 Å². The lowest BCUT2D eigenvalue weighted by molar-refractivity contribution is -0.648. The molecule has 0 heterocycles. The van der Waals surface area contributed by atoms with Crippen LogP contribution in [0.5, 0.6) is 0 Å². The molecule has 0 aliphatic carbocycles. The van der Waals surface area contributed by atoms with Crippen molar-refractivity contribution in [1.82, 2.24) is 5.32 Å². The normalized spacial score (nSPS) is 11.8. The Morgan fingerprint density at radius 1 is 0.800 bits per heavy atom. The number of nitrogens with one attached hydrogen (secondary N) is 1. The SMILES string of the molecule is CC[NH2+]CC.C[C@H](NC(c1ccccc1)(c1ccccc1)c1ccccc1)C(=O)[O-]. The van der Waals surface area contributed by atoms with Crippen molar-refractivity contribution in [2.45, 2.75) is 32.4 Å². The van der Waals surface area contributed by atoms with Crippen LogP contribution < -0.4 is 15.7 Å². The minimum absolute atomic E-state index is 0.788. The molecule has 158 valence electrons. The fraction of sp³-hybridized carbons (Fsp3) is 0.269. The number of hydrogen-bond acceptors (Lipinski definition) is 3. The number of hydrogen-bond donors (Lipinski definition) is 2. The lowest BCUT2D eigenvalue weighted by atomic mass is 9.76. The van der Waals surface area contributed by atoms with Gasteiger partial charge in [0.15, 0.2) is 0 Å². The van der Waals surface area contributed by atoms with Gasteiger partial charge in [0, 0.05) is 6.04 Å². The fourth-order valence-corrected chi connectivity index (χ4v) is 3.49. The van der Waals surface area contributed by atoms with Crippen LogP contribution in [0.15, 0.2) is 91.0 Å². The molecule has 4 heteroatoms. The van der Waals surface area contributed by atoms with Gasteiger partial charge < -0.3 is 15.2 Å². The van der Waals surface area contributed by atoms with Crippen molar-refractivity contribution in [3.8, 4) is 0 Å². The number of aliphatic carboxylic acids is 1. The number of benzene rings is 3. The standard InChI is InChI=1S/C22H21NO2.C4H11N/c1-17(21(24)25)23-22(18-11-5-2-6-12-18,19-13-7-3-8-14-19)20-15-9-4-10-16-20;1-3-5-4-2/h2-17,23H,1H3,(H,24,25);5H,3-4H2,1-2H3/t17-;/m0./s1. The smallest absolute Gasteiger partial charge is 0.0953 e. The maximum atomic E-state index is 11.5. The quantitative estimate of drug-likeness (QED) is 0.566. The summed E-state index contributed by atoms with van der Waals surface area (Å²) in [5.41, 5.74) is 2.13. The van der Waals surface area contributed by atoms with Crippen LogP contribution in [0.4, 0.5) is 0 Å². The van der Waals surface area contributed by atoms with Crippen molar-refractivity contribution in [2.75, 3.05) is 13.1 Å². The van der Waals surface area contributed by atoms with Gasteiger partial charge in [-0.25, -0.2) is 0 Å². The van der Waals surface area contributed by atoms with Gasteiger partial charge in [-0.15, -0.1) is 0 Å². The van der Waals surface area contributed by atoms with Gasteiger partial charge in [0.05, 0.1) is 24.6 Å². The first-order chi connectivity index (χ1) is 14.6. The number of carbonyl (C=O) groups is 1. The van der Waals surface area contributed by atoms with Gasteiger partial charge in [0.25, 0.3) is 0 Å². The predicted octanol–water partition coefficient (Wildman–Crippen LogP) is 2.30. The van der Waals surface area contributed by atoms with Crippen LogP contribution in [0.1, 0.15) is 37.5 Å². The van der Waals surface area contributed by atoms with Gasteiger partial charge in [-0.2, -0.15) is 0 Å². The molecule has 3 aromatic rings. The molecule has 30 heavy (non-hydrogen) atoms. The highest BCUT2D eigenvalue weighted by atomic mass is 16.4. The molecule has 0 bridgehead atoms. The van der Waals surface area contributed by atoms with Crippen molar-refractivity contribution in [1.29, 1.82) is 0 Å². The second-order valence-electron chi connectivity index (χ2n) is 7.14. The highest BCUT2D eigenvalue weighted by Gasteiger charge is 2.37. The van der Waals surface area contributed by atoms with E-state index in [1.54, 1.807) is 6.92 Å². The van der Waals surface area contributed by atoms with Crippen molar-refractivity contribution >= 4 is 5.97 Å². The van der Waals surface area contributed by atoms with E-state index in [0.717, 1.165) is 16.7 Å². The van der Waals surface area contributed by atoms with Crippen molar-refractivity contribution in [3.63, 3.8) is 0 Å². The Morgan fingerprint density at radius 3 is 1.37 bits per heavy atom. The average molecular weight is 405 g/mol. The molecule has 0 spiro atoms. The molecule has 0 saturated heterocycles. The molecular formula is C26H32N2O2. The Labute approximate surface area is 180 Å². The van der Waals surface area contributed by atoms with E-state index in [4.69, 9.17) is 0 Å². The molecule has 0 unspecified atom stereocenters. The molecule has 0 amide bonds. The zero-order valence-corrected chi connectivity index (χ0v) is 18.0. The van der Waals surface area contributed by atoms with E-state index >= 15 is 0 Å². The van der Waals surface area contributed by atoms with Gasteiger partial charge in [-0.1, -0.05) is 91.0 Å². The van der Waals surface area contributed by atoms with E-state index < -0.39 is 17.6 Å². The molecule has 0 fully saturated rings.